The highest BCUT2D eigenvalue weighted by atomic mass is 19.2. The molecule has 1 aromatic carbocycles. The quantitative estimate of drug-likeness (QED) is 0.630. The first-order valence-corrected chi connectivity index (χ1v) is 8.89. The van der Waals surface area contributed by atoms with E-state index in [0.717, 1.165) is 18.4 Å². The fourth-order valence-electron chi connectivity index (χ4n) is 3.30. The van der Waals surface area contributed by atoms with Crippen LogP contribution in [0, 0.1) is 0 Å². The van der Waals surface area contributed by atoms with E-state index >= 15 is 0 Å². The summed E-state index contributed by atoms with van der Waals surface area (Å²) in [4.78, 5) is 0. The van der Waals surface area contributed by atoms with Gasteiger partial charge in [-0.1, -0.05) is 30.3 Å². The minimum absolute atomic E-state index is 0.0348. The number of hydrogen-bond acceptors (Lipinski definition) is 3. The van der Waals surface area contributed by atoms with E-state index in [4.69, 9.17) is 14.2 Å². The molecule has 0 aromatic heterocycles. The van der Waals surface area contributed by atoms with E-state index in [9.17, 15) is 8.78 Å². The molecule has 1 saturated heterocycles. The van der Waals surface area contributed by atoms with Gasteiger partial charge >= 0.3 is 0 Å². The van der Waals surface area contributed by atoms with E-state index in [1.165, 1.54) is 12.7 Å². The van der Waals surface area contributed by atoms with Crippen LogP contribution in [0.15, 0.2) is 60.1 Å². The lowest BCUT2D eigenvalue weighted by Crippen LogP contribution is -2.22. The van der Waals surface area contributed by atoms with E-state index in [1.807, 2.05) is 18.2 Å². The molecule has 2 atom stereocenters. The van der Waals surface area contributed by atoms with Crippen LogP contribution in [-0.4, -0.2) is 19.8 Å². The Hall–Kier alpha value is -2.14. The Labute approximate surface area is 152 Å². The Morgan fingerprint density at radius 1 is 1.12 bits per heavy atom. The zero-order chi connectivity index (χ0) is 18.5. The summed E-state index contributed by atoms with van der Waals surface area (Å²) in [5.74, 6) is -1.46. The van der Waals surface area contributed by atoms with Gasteiger partial charge in [-0.3, -0.25) is 0 Å². The third kappa shape index (κ3) is 4.15. The topological polar surface area (TPSA) is 27.7 Å². The number of methoxy groups -OCH3 is 1. The number of hydrogen-bond donors (Lipinski definition) is 0. The van der Waals surface area contributed by atoms with Gasteiger partial charge in [-0.15, -0.1) is 6.58 Å². The lowest BCUT2D eigenvalue weighted by Gasteiger charge is -2.27. The third-order valence-corrected chi connectivity index (χ3v) is 4.95. The first-order chi connectivity index (χ1) is 12.6. The van der Waals surface area contributed by atoms with Gasteiger partial charge in [-0.05, 0) is 24.0 Å². The normalized spacial score (nSPS) is 23.8. The van der Waals surface area contributed by atoms with E-state index in [2.05, 4.69) is 18.7 Å². The zero-order valence-corrected chi connectivity index (χ0v) is 15.0. The summed E-state index contributed by atoms with van der Waals surface area (Å²) in [6.45, 7) is 4.67. The summed E-state index contributed by atoms with van der Waals surface area (Å²) in [6.07, 6.45) is 4.66. The minimum Gasteiger partial charge on any atom is -0.498 e. The molecule has 0 bridgehead atoms. The molecule has 2 aliphatic rings. The van der Waals surface area contributed by atoms with Crippen molar-refractivity contribution in [2.24, 2.45) is 0 Å². The number of halogens is 2. The number of allylic oxidation sites excluding steroid dienone is 4. The summed E-state index contributed by atoms with van der Waals surface area (Å²) >= 11 is 0. The summed E-state index contributed by atoms with van der Waals surface area (Å²) in [7, 11) is 1.34. The first-order valence-electron chi connectivity index (χ1n) is 8.89. The van der Waals surface area contributed by atoms with Gasteiger partial charge in [0.05, 0.1) is 19.8 Å². The van der Waals surface area contributed by atoms with E-state index in [-0.39, 0.29) is 24.2 Å². The average molecular weight is 362 g/mol. The average Bonchev–Trinajstić information content (AvgIpc) is 2.70. The van der Waals surface area contributed by atoms with E-state index in [0.29, 0.717) is 25.4 Å². The van der Waals surface area contributed by atoms with Gasteiger partial charge in [-0.25, -0.2) is 0 Å². The van der Waals surface area contributed by atoms with Crippen LogP contribution < -0.4 is 0 Å². The maximum Gasteiger partial charge on any atom is 0.199 e. The van der Waals surface area contributed by atoms with Crippen molar-refractivity contribution in [3.8, 4) is 0 Å². The minimum atomic E-state index is -0.959. The van der Waals surface area contributed by atoms with Crippen molar-refractivity contribution < 1.29 is 23.0 Å². The fourth-order valence-corrected chi connectivity index (χ4v) is 3.30. The predicted molar refractivity (Wildman–Crippen MR) is 95.7 cm³/mol. The molecule has 1 aliphatic carbocycles. The molecule has 0 N–H and O–H groups in total. The molecule has 1 fully saturated rings. The maximum atomic E-state index is 14.0. The third-order valence-electron chi connectivity index (χ3n) is 4.95. The second-order valence-electron chi connectivity index (χ2n) is 6.59. The SMILES string of the molecule is C=CC1CCC(c2ccc(COC3=C(F)C(F)=C(OC)CC3)cc2)CO1. The van der Waals surface area contributed by atoms with Crippen LogP contribution >= 0.6 is 0 Å². The number of benzene rings is 1. The molecule has 0 radical (unpaired) electrons. The van der Waals surface area contributed by atoms with Crippen LogP contribution in [0.4, 0.5) is 8.78 Å². The molecule has 1 aromatic rings. The first kappa shape index (κ1) is 18.6. The largest absolute Gasteiger partial charge is 0.498 e. The Balaban J connectivity index is 1.58. The van der Waals surface area contributed by atoms with Crippen molar-refractivity contribution in [3.05, 3.63) is 71.2 Å². The van der Waals surface area contributed by atoms with E-state index in [1.54, 1.807) is 0 Å². The van der Waals surface area contributed by atoms with Gasteiger partial charge in [0.1, 0.15) is 18.1 Å². The molecule has 2 unspecified atom stereocenters. The van der Waals surface area contributed by atoms with Crippen LogP contribution in [0.5, 0.6) is 0 Å². The van der Waals surface area contributed by atoms with Crippen LogP contribution in [0.3, 0.4) is 0 Å². The Morgan fingerprint density at radius 3 is 2.42 bits per heavy atom. The zero-order valence-electron chi connectivity index (χ0n) is 15.0. The van der Waals surface area contributed by atoms with Gasteiger partial charge in [0.15, 0.2) is 11.7 Å². The molecule has 5 heteroatoms. The van der Waals surface area contributed by atoms with Gasteiger partial charge < -0.3 is 14.2 Å². The van der Waals surface area contributed by atoms with Crippen molar-refractivity contribution >= 4 is 0 Å². The van der Waals surface area contributed by atoms with Crippen molar-refractivity contribution in [2.45, 2.75) is 44.3 Å². The van der Waals surface area contributed by atoms with Crippen molar-refractivity contribution in [1.82, 2.24) is 0 Å². The van der Waals surface area contributed by atoms with Gasteiger partial charge in [0.25, 0.3) is 0 Å². The number of ether oxygens (including phenoxy) is 3. The Bertz CT molecular complexity index is 698. The van der Waals surface area contributed by atoms with Crippen molar-refractivity contribution in [2.75, 3.05) is 13.7 Å². The molecule has 26 heavy (non-hydrogen) atoms. The van der Waals surface area contributed by atoms with Crippen molar-refractivity contribution in [1.29, 1.82) is 0 Å². The molecule has 3 nitrogen and oxygen atoms in total. The van der Waals surface area contributed by atoms with Crippen LogP contribution in [0.1, 0.15) is 42.7 Å². The molecular weight excluding hydrogens is 338 g/mol. The van der Waals surface area contributed by atoms with Crippen molar-refractivity contribution in [3.63, 3.8) is 0 Å². The summed E-state index contributed by atoms with van der Waals surface area (Å²) < 4.78 is 43.8. The van der Waals surface area contributed by atoms with E-state index < -0.39 is 11.7 Å². The molecule has 1 aliphatic heterocycles. The molecule has 3 rings (SSSR count). The lowest BCUT2D eigenvalue weighted by atomic mass is 9.91. The standard InChI is InChI=1S/C21H24F2O3/c1-3-17-9-8-16(13-25-17)15-6-4-14(5-7-15)12-26-19-11-10-18(24-2)20(22)21(19)23/h3-7,16-17H,1,8-13H2,2H3. The molecule has 0 spiro atoms. The fraction of sp³-hybridized carbons (Fsp3) is 0.429. The highest BCUT2D eigenvalue weighted by Gasteiger charge is 2.24. The molecule has 140 valence electrons. The number of rotatable bonds is 6. The second kappa shape index (κ2) is 8.49. The second-order valence-corrected chi connectivity index (χ2v) is 6.59. The highest BCUT2D eigenvalue weighted by Crippen LogP contribution is 2.34. The molecule has 1 heterocycles. The molecule has 0 saturated carbocycles. The molecular formula is C21H24F2O3. The predicted octanol–water partition coefficient (Wildman–Crippen LogP) is 5.45. The van der Waals surface area contributed by atoms with Gasteiger partial charge in [0.2, 0.25) is 0 Å². The van der Waals surface area contributed by atoms with Crippen LogP contribution in [0.2, 0.25) is 0 Å². The van der Waals surface area contributed by atoms with Crippen LogP contribution in [0.25, 0.3) is 0 Å². The monoisotopic (exact) mass is 362 g/mol. The smallest absolute Gasteiger partial charge is 0.199 e. The summed E-state index contributed by atoms with van der Waals surface area (Å²) in [5, 5.41) is 0. The maximum absolute atomic E-state index is 14.0. The Morgan fingerprint density at radius 2 is 1.81 bits per heavy atom. The van der Waals surface area contributed by atoms with Gasteiger partial charge in [-0.2, -0.15) is 8.78 Å². The molecule has 0 amide bonds. The highest BCUT2D eigenvalue weighted by molar-refractivity contribution is 5.30. The Kier molecular flexibility index (Phi) is 6.09. The van der Waals surface area contributed by atoms with Gasteiger partial charge in [0, 0.05) is 18.8 Å². The summed E-state index contributed by atoms with van der Waals surface area (Å²) in [5.41, 5.74) is 2.13. The summed E-state index contributed by atoms with van der Waals surface area (Å²) in [6, 6.07) is 8.03. The van der Waals surface area contributed by atoms with Crippen LogP contribution in [-0.2, 0) is 20.8 Å². The lowest BCUT2D eigenvalue weighted by molar-refractivity contribution is 0.0329.